The van der Waals surface area contributed by atoms with Gasteiger partial charge in [-0.1, -0.05) is 24.6 Å². The summed E-state index contributed by atoms with van der Waals surface area (Å²) in [7, 11) is 0. The molecule has 0 radical (unpaired) electrons. The number of benzene rings is 1. The molecule has 0 unspecified atom stereocenters. The number of hydrogen-bond donors (Lipinski definition) is 2. The van der Waals surface area contributed by atoms with E-state index in [0.717, 1.165) is 25.3 Å². The summed E-state index contributed by atoms with van der Waals surface area (Å²) in [6.07, 6.45) is 3.65. The van der Waals surface area contributed by atoms with E-state index in [4.69, 9.17) is 10.5 Å². The van der Waals surface area contributed by atoms with Gasteiger partial charge < -0.3 is 15.8 Å². The maximum Gasteiger partial charge on any atom is 0.312 e. The molecule has 1 saturated heterocycles. The molecule has 1 aliphatic rings. The monoisotopic (exact) mass is 305 g/mol. The highest BCUT2D eigenvalue weighted by atomic mass is 16.5. The SMILES string of the molecule is CC(C)Oc1ccccc1CN1CCCC[C@@H]1CNC(N)=O. The summed E-state index contributed by atoms with van der Waals surface area (Å²) < 4.78 is 5.90. The Bertz CT molecular complexity index is 491. The highest BCUT2D eigenvalue weighted by Crippen LogP contribution is 2.25. The van der Waals surface area contributed by atoms with Gasteiger partial charge in [-0.05, 0) is 39.3 Å². The van der Waals surface area contributed by atoms with Crippen LogP contribution >= 0.6 is 0 Å². The van der Waals surface area contributed by atoms with E-state index in [9.17, 15) is 4.79 Å². The molecule has 5 heteroatoms. The molecule has 0 bridgehead atoms. The topological polar surface area (TPSA) is 67.6 Å². The van der Waals surface area contributed by atoms with E-state index in [1.54, 1.807) is 0 Å². The minimum absolute atomic E-state index is 0.162. The number of piperidine rings is 1. The third-order valence-corrected chi connectivity index (χ3v) is 3.97. The van der Waals surface area contributed by atoms with Gasteiger partial charge in [0.1, 0.15) is 5.75 Å². The molecule has 0 aromatic heterocycles. The number of urea groups is 1. The Morgan fingerprint density at radius 3 is 2.91 bits per heavy atom. The Labute approximate surface area is 132 Å². The number of likely N-dealkylation sites (tertiary alicyclic amines) is 1. The summed E-state index contributed by atoms with van der Waals surface area (Å²) in [5, 5.41) is 2.74. The van der Waals surface area contributed by atoms with E-state index < -0.39 is 6.03 Å². The Hall–Kier alpha value is -1.75. The van der Waals surface area contributed by atoms with Gasteiger partial charge in [-0.3, -0.25) is 4.90 Å². The predicted octanol–water partition coefficient (Wildman–Crippen LogP) is 2.50. The quantitative estimate of drug-likeness (QED) is 0.848. The molecule has 1 heterocycles. The van der Waals surface area contributed by atoms with Crippen molar-refractivity contribution in [2.24, 2.45) is 5.73 Å². The van der Waals surface area contributed by atoms with E-state index in [2.05, 4.69) is 16.3 Å². The Kier molecular flexibility index (Phi) is 6.07. The number of nitrogens with one attached hydrogen (secondary N) is 1. The fraction of sp³-hybridized carbons (Fsp3) is 0.588. The number of para-hydroxylation sites is 1. The van der Waals surface area contributed by atoms with Crippen LogP contribution in [-0.4, -0.2) is 36.2 Å². The molecule has 1 aromatic carbocycles. The van der Waals surface area contributed by atoms with Crippen molar-refractivity contribution in [2.75, 3.05) is 13.1 Å². The average Bonchev–Trinajstić information content (AvgIpc) is 2.48. The molecule has 5 nitrogen and oxygen atoms in total. The van der Waals surface area contributed by atoms with Crippen molar-refractivity contribution in [3.63, 3.8) is 0 Å². The van der Waals surface area contributed by atoms with Crippen molar-refractivity contribution in [3.8, 4) is 5.75 Å². The minimum Gasteiger partial charge on any atom is -0.491 e. The maximum absolute atomic E-state index is 11.0. The number of hydrogen-bond acceptors (Lipinski definition) is 3. The van der Waals surface area contributed by atoms with Crippen molar-refractivity contribution in [2.45, 2.75) is 51.8 Å². The predicted molar refractivity (Wildman–Crippen MR) is 87.8 cm³/mol. The van der Waals surface area contributed by atoms with Crippen LogP contribution in [0, 0.1) is 0 Å². The van der Waals surface area contributed by atoms with E-state index in [0.29, 0.717) is 12.6 Å². The van der Waals surface area contributed by atoms with Crippen LogP contribution in [0.4, 0.5) is 4.79 Å². The van der Waals surface area contributed by atoms with Gasteiger partial charge in [0, 0.05) is 24.7 Å². The van der Waals surface area contributed by atoms with E-state index in [1.807, 2.05) is 32.0 Å². The van der Waals surface area contributed by atoms with Crippen LogP contribution in [-0.2, 0) is 6.54 Å². The summed E-state index contributed by atoms with van der Waals surface area (Å²) in [6, 6.07) is 8.08. The number of primary amides is 1. The highest BCUT2D eigenvalue weighted by molar-refractivity contribution is 5.71. The van der Waals surface area contributed by atoms with Crippen molar-refractivity contribution in [1.29, 1.82) is 0 Å². The molecule has 3 N–H and O–H groups in total. The molecule has 0 aliphatic carbocycles. The second-order valence-corrected chi connectivity index (χ2v) is 6.14. The zero-order chi connectivity index (χ0) is 15.9. The van der Waals surface area contributed by atoms with Crippen molar-refractivity contribution in [3.05, 3.63) is 29.8 Å². The summed E-state index contributed by atoms with van der Waals surface area (Å²) in [5.41, 5.74) is 6.39. The van der Waals surface area contributed by atoms with E-state index in [1.165, 1.54) is 18.4 Å². The number of nitrogens with zero attached hydrogens (tertiary/aromatic N) is 1. The molecule has 1 fully saturated rings. The first-order chi connectivity index (χ1) is 10.6. The zero-order valence-electron chi connectivity index (χ0n) is 13.5. The van der Waals surface area contributed by atoms with Crippen molar-refractivity contribution >= 4 is 6.03 Å². The van der Waals surface area contributed by atoms with Crippen molar-refractivity contribution in [1.82, 2.24) is 10.2 Å². The Morgan fingerprint density at radius 2 is 2.18 bits per heavy atom. The summed E-state index contributed by atoms with van der Waals surface area (Å²) in [4.78, 5) is 13.4. The average molecular weight is 305 g/mol. The maximum atomic E-state index is 11.0. The van der Waals surface area contributed by atoms with Gasteiger partial charge in [-0.15, -0.1) is 0 Å². The standard InChI is InChI=1S/C17H27N3O2/c1-13(2)22-16-9-4-3-7-14(16)12-20-10-6-5-8-15(20)11-19-17(18)21/h3-4,7,9,13,15H,5-6,8,10-12H2,1-2H3,(H3,18,19,21)/t15-/m1/s1. The van der Waals surface area contributed by atoms with Gasteiger partial charge in [0.15, 0.2) is 0 Å². The largest absolute Gasteiger partial charge is 0.491 e. The molecule has 0 saturated carbocycles. The molecule has 1 aromatic rings. The summed E-state index contributed by atoms with van der Waals surface area (Å²) >= 11 is 0. The lowest BCUT2D eigenvalue weighted by Gasteiger charge is -2.36. The van der Waals surface area contributed by atoms with Crippen LogP contribution in [0.25, 0.3) is 0 Å². The third kappa shape index (κ3) is 4.91. The fourth-order valence-corrected chi connectivity index (χ4v) is 2.94. The first-order valence-electron chi connectivity index (χ1n) is 8.08. The molecule has 122 valence electrons. The number of amides is 2. The lowest BCUT2D eigenvalue weighted by molar-refractivity contribution is 0.135. The van der Waals surface area contributed by atoms with Crippen LogP contribution in [0.1, 0.15) is 38.7 Å². The molecule has 1 atom stereocenters. The number of ether oxygens (including phenoxy) is 1. The Morgan fingerprint density at radius 1 is 1.41 bits per heavy atom. The van der Waals surface area contributed by atoms with Crippen LogP contribution in [0.15, 0.2) is 24.3 Å². The smallest absolute Gasteiger partial charge is 0.312 e. The minimum atomic E-state index is -0.450. The lowest BCUT2D eigenvalue weighted by Crippen LogP contribution is -2.47. The Balaban J connectivity index is 2.05. The first kappa shape index (κ1) is 16.6. The molecule has 2 rings (SSSR count). The molecule has 0 spiro atoms. The summed E-state index contributed by atoms with van der Waals surface area (Å²) in [6.45, 7) is 6.58. The zero-order valence-corrected chi connectivity index (χ0v) is 13.5. The molecule has 1 aliphatic heterocycles. The van der Waals surface area contributed by atoms with Gasteiger partial charge in [-0.2, -0.15) is 0 Å². The van der Waals surface area contributed by atoms with Gasteiger partial charge in [0.25, 0.3) is 0 Å². The first-order valence-corrected chi connectivity index (χ1v) is 8.08. The fourth-order valence-electron chi connectivity index (χ4n) is 2.94. The van der Waals surface area contributed by atoms with Crippen LogP contribution < -0.4 is 15.8 Å². The third-order valence-electron chi connectivity index (χ3n) is 3.97. The molecule has 22 heavy (non-hydrogen) atoms. The molecule has 2 amide bonds. The normalized spacial score (nSPS) is 19.1. The number of rotatable bonds is 6. The number of nitrogens with two attached hydrogens (primary N) is 1. The highest BCUT2D eigenvalue weighted by Gasteiger charge is 2.23. The van der Waals surface area contributed by atoms with Crippen molar-refractivity contribution < 1.29 is 9.53 Å². The number of carbonyl (C=O) groups excluding carboxylic acids is 1. The van der Waals surface area contributed by atoms with E-state index >= 15 is 0 Å². The van der Waals surface area contributed by atoms with Gasteiger partial charge in [0.2, 0.25) is 0 Å². The van der Waals surface area contributed by atoms with Gasteiger partial charge in [-0.25, -0.2) is 4.79 Å². The van der Waals surface area contributed by atoms with Gasteiger partial charge >= 0.3 is 6.03 Å². The van der Waals surface area contributed by atoms with Crippen LogP contribution in [0.5, 0.6) is 5.75 Å². The second-order valence-electron chi connectivity index (χ2n) is 6.14. The lowest BCUT2D eigenvalue weighted by atomic mass is 10.0. The van der Waals surface area contributed by atoms with Gasteiger partial charge in [0.05, 0.1) is 6.10 Å². The van der Waals surface area contributed by atoms with Crippen LogP contribution in [0.2, 0.25) is 0 Å². The number of carbonyl (C=O) groups is 1. The van der Waals surface area contributed by atoms with Crippen LogP contribution in [0.3, 0.4) is 0 Å². The molecular weight excluding hydrogens is 278 g/mol. The molecular formula is C17H27N3O2. The second kappa shape index (κ2) is 8.03. The van der Waals surface area contributed by atoms with E-state index in [-0.39, 0.29) is 6.10 Å². The summed E-state index contributed by atoms with van der Waals surface area (Å²) in [5.74, 6) is 0.949.